The number of anilines is 1. The molecule has 206 valence electrons. The molecule has 4 aliphatic heterocycles. The number of benzene rings is 1. The molecule has 1 aromatic rings. The molecule has 4 unspecified atom stereocenters. The SMILES string of the molecule is CC(CCNC(=O)c1ccc(N2CCOCC2)cc1)CC(=O)N1CCC2C1C(=O)CN2C(=O)C1CCCO1. The summed E-state index contributed by atoms with van der Waals surface area (Å²) in [7, 11) is 0. The first-order valence-electron chi connectivity index (χ1n) is 13.9. The van der Waals surface area contributed by atoms with Gasteiger partial charge in [-0.3, -0.25) is 19.2 Å². The van der Waals surface area contributed by atoms with E-state index in [1.54, 1.807) is 9.80 Å². The van der Waals surface area contributed by atoms with Gasteiger partial charge in [-0.25, -0.2) is 0 Å². The second-order valence-electron chi connectivity index (χ2n) is 10.8. The highest BCUT2D eigenvalue weighted by Crippen LogP contribution is 2.32. The Morgan fingerprint density at radius 3 is 2.50 bits per heavy atom. The van der Waals surface area contributed by atoms with Crippen molar-refractivity contribution in [3.8, 4) is 0 Å². The summed E-state index contributed by atoms with van der Waals surface area (Å²) < 4.78 is 10.9. The average Bonchev–Trinajstić information content (AvgIpc) is 3.68. The number of amides is 3. The number of ether oxygens (including phenoxy) is 2. The highest BCUT2D eigenvalue weighted by molar-refractivity contribution is 5.98. The van der Waals surface area contributed by atoms with Crippen molar-refractivity contribution in [2.24, 2.45) is 5.92 Å². The van der Waals surface area contributed by atoms with E-state index in [-0.39, 0.29) is 42.0 Å². The van der Waals surface area contributed by atoms with Gasteiger partial charge in [-0.05, 0) is 55.9 Å². The van der Waals surface area contributed by atoms with Crippen molar-refractivity contribution in [2.75, 3.05) is 57.4 Å². The van der Waals surface area contributed by atoms with Crippen LogP contribution in [-0.4, -0.2) is 104 Å². The number of ketones is 1. The number of fused-ring (bicyclic) bond motifs is 1. The molecule has 4 saturated heterocycles. The van der Waals surface area contributed by atoms with Crippen molar-refractivity contribution in [3.63, 3.8) is 0 Å². The van der Waals surface area contributed by atoms with E-state index in [1.807, 2.05) is 31.2 Å². The number of hydrogen-bond donors (Lipinski definition) is 1. The Kier molecular flexibility index (Phi) is 8.28. The Labute approximate surface area is 223 Å². The number of nitrogens with one attached hydrogen (secondary N) is 1. The van der Waals surface area contributed by atoms with Crippen LogP contribution in [0.2, 0.25) is 0 Å². The van der Waals surface area contributed by atoms with Crippen LogP contribution in [-0.2, 0) is 23.9 Å². The number of morpholine rings is 1. The Hall–Kier alpha value is -2.98. The molecule has 4 fully saturated rings. The lowest BCUT2D eigenvalue weighted by atomic mass is 10.0. The Balaban J connectivity index is 1.06. The lowest BCUT2D eigenvalue weighted by Gasteiger charge is -2.28. The molecule has 10 nitrogen and oxygen atoms in total. The van der Waals surface area contributed by atoms with Crippen LogP contribution in [0.25, 0.3) is 0 Å². The first-order valence-corrected chi connectivity index (χ1v) is 13.9. The van der Waals surface area contributed by atoms with Gasteiger partial charge in [-0.15, -0.1) is 0 Å². The third-order valence-corrected chi connectivity index (χ3v) is 8.18. The maximum absolute atomic E-state index is 13.1. The lowest BCUT2D eigenvalue weighted by Crippen LogP contribution is -2.45. The smallest absolute Gasteiger partial charge is 0.252 e. The van der Waals surface area contributed by atoms with E-state index in [4.69, 9.17) is 9.47 Å². The fourth-order valence-electron chi connectivity index (χ4n) is 6.04. The van der Waals surface area contributed by atoms with Gasteiger partial charge < -0.3 is 29.5 Å². The summed E-state index contributed by atoms with van der Waals surface area (Å²) in [5.41, 5.74) is 1.69. The van der Waals surface area contributed by atoms with Gasteiger partial charge in [-0.2, -0.15) is 0 Å². The van der Waals surface area contributed by atoms with Crippen molar-refractivity contribution in [2.45, 2.75) is 57.2 Å². The zero-order valence-corrected chi connectivity index (χ0v) is 22.1. The summed E-state index contributed by atoms with van der Waals surface area (Å²) in [6.07, 6.45) is 2.68. The van der Waals surface area contributed by atoms with Crippen LogP contribution < -0.4 is 10.2 Å². The molecule has 0 saturated carbocycles. The van der Waals surface area contributed by atoms with Crippen LogP contribution in [0.4, 0.5) is 5.69 Å². The molecule has 10 heteroatoms. The van der Waals surface area contributed by atoms with Crippen LogP contribution in [0.5, 0.6) is 0 Å². The van der Waals surface area contributed by atoms with E-state index in [0.29, 0.717) is 64.2 Å². The van der Waals surface area contributed by atoms with Crippen molar-refractivity contribution in [1.82, 2.24) is 15.1 Å². The fraction of sp³-hybridized carbons (Fsp3) is 0.643. The molecule has 4 heterocycles. The van der Waals surface area contributed by atoms with E-state index in [1.165, 1.54) is 0 Å². The van der Waals surface area contributed by atoms with Crippen LogP contribution in [0.3, 0.4) is 0 Å². The second kappa shape index (κ2) is 11.8. The maximum Gasteiger partial charge on any atom is 0.252 e. The van der Waals surface area contributed by atoms with E-state index >= 15 is 0 Å². The molecular formula is C28H38N4O6. The van der Waals surface area contributed by atoms with Gasteiger partial charge >= 0.3 is 0 Å². The number of rotatable bonds is 8. The molecule has 1 aromatic carbocycles. The predicted octanol–water partition coefficient (Wildman–Crippen LogP) is 1.23. The molecule has 0 spiro atoms. The van der Waals surface area contributed by atoms with Crippen LogP contribution in [0, 0.1) is 5.92 Å². The summed E-state index contributed by atoms with van der Waals surface area (Å²) >= 11 is 0. The highest BCUT2D eigenvalue weighted by atomic mass is 16.5. The van der Waals surface area contributed by atoms with Crippen molar-refractivity contribution >= 4 is 29.2 Å². The van der Waals surface area contributed by atoms with Crippen LogP contribution in [0.1, 0.15) is 49.4 Å². The molecule has 0 aromatic heterocycles. The number of nitrogens with zero attached hydrogens (tertiary/aromatic N) is 3. The third-order valence-electron chi connectivity index (χ3n) is 8.18. The second-order valence-corrected chi connectivity index (χ2v) is 10.8. The normalized spacial score (nSPS) is 26.0. The summed E-state index contributed by atoms with van der Waals surface area (Å²) in [6.45, 7) is 6.70. The Bertz CT molecular complexity index is 1030. The minimum absolute atomic E-state index is 0.0478. The van der Waals surface area contributed by atoms with Gasteiger partial charge in [0.05, 0.1) is 25.8 Å². The van der Waals surface area contributed by atoms with E-state index in [9.17, 15) is 19.2 Å². The molecule has 3 amide bonds. The summed E-state index contributed by atoms with van der Waals surface area (Å²) in [6, 6.07) is 6.81. The standard InChI is InChI=1S/C28H38N4O6/c1-19(8-10-29-27(35)20-4-6-21(7-5-20)30-12-15-37-16-13-30)17-25(34)31-11-9-22-26(31)23(33)18-32(22)28(36)24-3-2-14-38-24/h4-7,19,22,24,26H,2-3,8-18H2,1H3,(H,29,35). The maximum atomic E-state index is 13.1. The number of likely N-dealkylation sites (tertiary alicyclic amines) is 2. The van der Waals surface area contributed by atoms with Gasteiger partial charge in [0.15, 0.2) is 5.78 Å². The van der Waals surface area contributed by atoms with Crippen LogP contribution >= 0.6 is 0 Å². The van der Waals surface area contributed by atoms with Crippen molar-refractivity contribution in [1.29, 1.82) is 0 Å². The van der Waals surface area contributed by atoms with Gasteiger partial charge in [0, 0.05) is 50.5 Å². The largest absolute Gasteiger partial charge is 0.378 e. The van der Waals surface area contributed by atoms with Crippen molar-refractivity contribution in [3.05, 3.63) is 29.8 Å². The van der Waals surface area contributed by atoms with Gasteiger partial charge in [0.1, 0.15) is 12.1 Å². The molecule has 0 bridgehead atoms. The van der Waals surface area contributed by atoms with Crippen LogP contribution in [0.15, 0.2) is 24.3 Å². The molecule has 5 rings (SSSR count). The monoisotopic (exact) mass is 526 g/mol. The minimum atomic E-state index is -0.541. The zero-order chi connectivity index (χ0) is 26.6. The highest BCUT2D eigenvalue weighted by Gasteiger charge is 2.52. The molecule has 4 atom stereocenters. The number of Topliss-reactive ketones (excluding diaryl/α,β-unsaturated/α-hetero) is 1. The number of carbonyl (C=O) groups is 4. The molecule has 1 N–H and O–H groups in total. The first kappa shape index (κ1) is 26.6. The predicted molar refractivity (Wildman–Crippen MR) is 140 cm³/mol. The third kappa shape index (κ3) is 5.71. The fourth-order valence-corrected chi connectivity index (χ4v) is 6.04. The molecule has 0 aliphatic carbocycles. The van der Waals surface area contributed by atoms with E-state index < -0.39 is 12.1 Å². The lowest BCUT2D eigenvalue weighted by molar-refractivity contribution is -0.142. The average molecular weight is 527 g/mol. The number of hydrogen-bond acceptors (Lipinski definition) is 7. The molecule has 4 aliphatic rings. The Morgan fingerprint density at radius 1 is 1.03 bits per heavy atom. The summed E-state index contributed by atoms with van der Waals surface area (Å²) in [5, 5.41) is 2.95. The zero-order valence-electron chi connectivity index (χ0n) is 22.1. The molecule has 0 radical (unpaired) electrons. The molecule has 38 heavy (non-hydrogen) atoms. The summed E-state index contributed by atoms with van der Waals surface area (Å²) in [4.78, 5) is 56.9. The van der Waals surface area contributed by atoms with Gasteiger partial charge in [0.2, 0.25) is 5.91 Å². The summed E-state index contributed by atoms with van der Waals surface area (Å²) in [5.74, 6) is -0.322. The quantitative estimate of drug-likeness (QED) is 0.543. The molecular weight excluding hydrogens is 488 g/mol. The van der Waals surface area contributed by atoms with Crippen molar-refractivity contribution < 1.29 is 28.7 Å². The topological polar surface area (TPSA) is 108 Å². The number of carbonyl (C=O) groups excluding carboxylic acids is 4. The van der Waals surface area contributed by atoms with E-state index in [0.717, 1.165) is 25.2 Å². The minimum Gasteiger partial charge on any atom is -0.378 e. The Morgan fingerprint density at radius 2 is 1.79 bits per heavy atom. The first-order chi connectivity index (χ1) is 18.4. The van der Waals surface area contributed by atoms with Gasteiger partial charge in [0.25, 0.3) is 11.8 Å². The van der Waals surface area contributed by atoms with Gasteiger partial charge in [-0.1, -0.05) is 6.92 Å². The van der Waals surface area contributed by atoms with E-state index in [2.05, 4.69) is 10.2 Å².